The zero-order chi connectivity index (χ0) is 16.2. The van der Waals surface area contributed by atoms with E-state index in [0.717, 1.165) is 0 Å². The van der Waals surface area contributed by atoms with Crippen LogP contribution in [-0.2, 0) is 4.79 Å². The minimum atomic E-state index is -0.951. The second-order valence-corrected chi connectivity index (χ2v) is 6.47. The summed E-state index contributed by atoms with van der Waals surface area (Å²) >= 11 is 5.79. The van der Waals surface area contributed by atoms with Gasteiger partial charge in [-0.1, -0.05) is 18.5 Å². The molecule has 0 saturated heterocycles. The highest BCUT2D eigenvalue weighted by Gasteiger charge is 2.23. The van der Waals surface area contributed by atoms with Gasteiger partial charge in [-0.25, -0.2) is 0 Å². The van der Waals surface area contributed by atoms with Crippen molar-refractivity contribution in [1.82, 2.24) is 4.90 Å². The summed E-state index contributed by atoms with van der Waals surface area (Å²) in [5.74, 6) is -0.661. The van der Waals surface area contributed by atoms with Crippen LogP contribution in [0, 0.1) is 5.92 Å². The van der Waals surface area contributed by atoms with Gasteiger partial charge in [0.1, 0.15) is 0 Å². The third-order valence-electron chi connectivity index (χ3n) is 3.11. The molecule has 1 aromatic rings. The van der Waals surface area contributed by atoms with Gasteiger partial charge in [-0.05, 0) is 38.1 Å². The third-order valence-corrected chi connectivity index (χ3v) is 3.36. The number of ketones is 1. The lowest BCUT2D eigenvalue weighted by Crippen LogP contribution is -2.40. The van der Waals surface area contributed by atoms with Gasteiger partial charge in [-0.15, -0.1) is 0 Å². The average molecular weight is 312 g/mol. The van der Waals surface area contributed by atoms with Crippen LogP contribution in [0.2, 0.25) is 5.02 Å². The lowest BCUT2D eigenvalue weighted by atomic mass is 9.95. The van der Waals surface area contributed by atoms with Crippen molar-refractivity contribution in [2.45, 2.75) is 32.8 Å². The Kier molecular flexibility index (Phi) is 5.93. The number of nitrogens with zero attached hydrogens (tertiary/aromatic N) is 1. The van der Waals surface area contributed by atoms with Crippen LogP contribution < -0.4 is 0 Å². The number of aliphatic hydroxyl groups is 1. The average Bonchev–Trinajstić information content (AvgIpc) is 2.36. The molecule has 1 atom stereocenters. The number of likely N-dealkylation sites (N-methyl/N-ethyl adjacent to an activating group) is 1. The summed E-state index contributed by atoms with van der Waals surface area (Å²) < 4.78 is 0. The summed E-state index contributed by atoms with van der Waals surface area (Å²) in [4.78, 5) is 25.7. The standard InChI is InChI=1S/C16H22ClNO3/c1-11(9-14(19)18(4)10-16(2,3)21)15(20)12-5-7-13(17)8-6-12/h5-8,11,21H,9-10H2,1-4H3. The van der Waals surface area contributed by atoms with Crippen LogP contribution in [0.4, 0.5) is 0 Å². The van der Waals surface area contributed by atoms with E-state index in [-0.39, 0.29) is 24.7 Å². The number of carbonyl (C=O) groups is 2. The van der Waals surface area contributed by atoms with Gasteiger partial charge in [0.05, 0.1) is 5.60 Å². The Balaban J connectivity index is 2.63. The maximum atomic E-state index is 12.2. The fourth-order valence-electron chi connectivity index (χ4n) is 2.08. The Hall–Kier alpha value is -1.39. The number of Topliss-reactive ketones (excluding diaryl/α,β-unsaturated/α-hetero) is 1. The highest BCUT2D eigenvalue weighted by molar-refractivity contribution is 6.30. The monoisotopic (exact) mass is 311 g/mol. The predicted molar refractivity (Wildman–Crippen MR) is 83.5 cm³/mol. The van der Waals surface area contributed by atoms with E-state index in [2.05, 4.69) is 0 Å². The number of halogens is 1. The summed E-state index contributed by atoms with van der Waals surface area (Å²) in [5.41, 5.74) is -0.404. The zero-order valence-corrected chi connectivity index (χ0v) is 13.6. The first kappa shape index (κ1) is 17.7. The molecule has 0 heterocycles. The van der Waals surface area contributed by atoms with E-state index >= 15 is 0 Å². The smallest absolute Gasteiger partial charge is 0.223 e. The van der Waals surface area contributed by atoms with Crippen LogP contribution in [0.15, 0.2) is 24.3 Å². The molecule has 116 valence electrons. The Morgan fingerprint density at radius 3 is 2.29 bits per heavy atom. The quantitative estimate of drug-likeness (QED) is 0.822. The van der Waals surface area contributed by atoms with Crippen molar-refractivity contribution >= 4 is 23.3 Å². The van der Waals surface area contributed by atoms with Crippen LogP contribution in [0.5, 0.6) is 0 Å². The van der Waals surface area contributed by atoms with Crippen molar-refractivity contribution in [3.8, 4) is 0 Å². The molecule has 1 rings (SSSR count). The van der Waals surface area contributed by atoms with Gasteiger partial charge in [0.15, 0.2) is 5.78 Å². The van der Waals surface area contributed by atoms with Crippen molar-refractivity contribution in [2.24, 2.45) is 5.92 Å². The lowest BCUT2D eigenvalue weighted by molar-refractivity contribution is -0.133. The molecule has 1 unspecified atom stereocenters. The van der Waals surface area contributed by atoms with E-state index in [1.165, 1.54) is 4.90 Å². The third kappa shape index (κ3) is 5.86. The van der Waals surface area contributed by atoms with Crippen molar-refractivity contribution < 1.29 is 14.7 Å². The second-order valence-electron chi connectivity index (χ2n) is 6.04. The van der Waals surface area contributed by atoms with Gasteiger partial charge in [-0.3, -0.25) is 9.59 Å². The van der Waals surface area contributed by atoms with Gasteiger partial charge in [0, 0.05) is 36.5 Å². The number of hydrogen-bond donors (Lipinski definition) is 1. The maximum absolute atomic E-state index is 12.2. The number of benzene rings is 1. The molecule has 4 nitrogen and oxygen atoms in total. The molecule has 1 N–H and O–H groups in total. The highest BCUT2D eigenvalue weighted by Crippen LogP contribution is 2.16. The fraction of sp³-hybridized carbons (Fsp3) is 0.500. The van der Waals surface area contributed by atoms with Crippen LogP contribution in [0.3, 0.4) is 0 Å². The lowest BCUT2D eigenvalue weighted by Gasteiger charge is -2.26. The predicted octanol–water partition coefficient (Wildman–Crippen LogP) is 2.78. The van der Waals surface area contributed by atoms with Gasteiger partial charge < -0.3 is 10.0 Å². The van der Waals surface area contributed by atoms with E-state index in [1.807, 2.05) is 0 Å². The minimum absolute atomic E-state index is 0.0864. The maximum Gasteiger partial charge on any atom is 0.223 e. The first-order chi connectivity index (χ1) is 9.60. The second kappa shape index (κ2) is 7.05. The fourth-order valence-corrected chi connectivity index (χ4v) is 2.20. The molecule has 0 bridgehead atoms. The largest absolute Gasteiger partial charge is 0.389 e. The highest BCUT2D eigenvalue weighted by atomic mass is 35.5. The molecule has 0 aromatic heterocycles. The van der Waals surface area contributed by atoms with Gasteiger partial charge in [0.2, 0.25) is 5.91 Å². The van der Waals surface area contributed by atoms with Crippen molar-refractivity contribution in [3.05, 3.63) is 34.9 Å². The molecular weight excluding hydrogens is 290 g/mol. The first-order valence-electron chi connectivity index (χ1n) is 6.86. The Bertz CT molecular complexity index is 505. The molecule has 5 heteroatoms. The topological polar surface area (TPSA) is 57.6 Å². The molecule has 0 aliphatic heterocycles. The molecular formula is C16H22ClNO3. The van der Waals surface area contributed by atoms with E-state index in [9.17, 15) is 14.7 Å². The summed E-state index contributed by atoms with van der Waals surface area (Å²) in [5, 5.41) is 10.3. The zero-order valence-electron chi connectivity index (χ0n) is 12.9. The molecule has 1 aromatic carbocycles. The van der Waals surface area contributed by atoms with Crippen LogP contribution in [0.1, 0.15) is 37.6 Å². The number of hydrogen-bond acceptors (Lipinski definition) is 3. The van der Waals surface area contributed by atoms with Crippen molar-refractivity contribution in [2.75, 3.05) is 13.6 Å². The molecule has 0 radical (unpaired) electrons. The summed E-state index contributed by atoms with van der Waals surface area (Å²) in [7, 11) is 1.62. The van der Waals surface area contributed by atoms with Gasteiger partial charge in [0.25, 0.3) is 0 Å². The molecule has 0 aliphatic rings. The van der Waals surface area contributed by atoms with Crippen LogP contribution in [-0.4, -0.2) is 40.9 Å². The van der Waals surface area contributed by atoms with E-state index in [1.54, 1.807) is 52.1 Å². The van der Waals surface area contributed by atoms with Crippen LogP contribution in [0.25, 0.3) is 0 Å². The SMILES string of the molecule is CC(CC(=O)N(C)CC(C)(C)O)C(=O)c1ccc(Cl)cc1. The van der Waals surface area contributed by atoms with Crippen LogP contribution >= 0.6 is 11.6 Å². The van der Waals surface area contributed by atoms with Crippen molar-refractivity contribution in [1.29, 1.82) is 0 Å². The number of carbonyl (C=O) groups excluding carboxylic acids is 2. The van der Waals surface area contributed by atoms with E-state index < -0.39 is 11.5 Å². The summed E-state index contributed by atoms with van der Waals surface area (Å²) in [6, 6.07) is 6.63. The van der Waals surface area contributed by atoms with Gasteiger partial charge in [-0.2, -0.15) is 0 Å². The number of rotatable bonds is 6. The molecule has 1 amide bonds. The molecule has 0 saturated carbocycles. The van der Waals surface area contributed by atoms with E-state index in [4.69, 9.17) is 11.6 Å². The summed E-state index contributed by atoms with van der Waals surface area (Å²) in [6.45, 7) is 5.23. The molecule has 0 aliphatic carbocycles. The molecule has 0 spiro atoms. The van der Waals surface area contributed by atoms with Crippen molar-refractivity contribution in [3.63, 3.8) is 0 Å². The van der Waals surface area contributed by atoms with Gasteiger partial charge >= 0.3 is 0 Å². The molecule has 0 fully saturated rings. The summed E-state index contributed by atoms with van der Waals surface area (Å²) in [6.07, 6.45) is 0.119. The molecule has 21 heavy (non-hydrogen) atoms. The Labute approximate surface area is 130 Å². The normalized spacial score (nSPS) is 12.9. The Morgan fingerprint density at radius 1 is 1.29 bits per heavy atom. The first-order valence-corrected chi connectivity index (χ1v) is 7.24. The minimum Gasteiger partial charge on any atom is -0.389 e. The van der Waals surface area contributed by atoms with E-state index in [0.29, 0.717) is 10.6 Å². The number of amides is 1. The Morgan fingerprint density at radius 2 is 1.81 bits per heavy atom.